The van der Waals surface area contributed by atoms with Crippen LogP contribution >= 0.6 is 0 Å². The van der Waals surface area contributed by atoms with Crippen molar-refractivity contribution in [3.8, 4) is 0 Å². The average Bonchev–Trinajstić information content (AvgIpc) is 2.96. The van der Waals surface area contributed by atoms with Crippen LogP contribution in [0, 0.1) is 22.7 Å². The van der Waals surface area contributed by atoms with E-state index in [0.717, 1.165) is 11.8 Å². The van der Waals surface area contributed by atoms with Crippen molar-refractivity contribution in [1.29, 1.82) is 0 Å². The fraction of sp³-hybridized carbons (Fsp3) is 1.00. The number of hydrogen-bond donors (Lipinski definition) is 0. The summed E-state index contributed by atoms with van der Waals surface area (Å²) >= 11 is 0. The molecule has 138 valence electrons. The zero-order valence-corrected chi connectivity index (χ0v) is 17.4. The molecule has 0 aliphatic carbocycles. The molecule has 2 unspecified atom stereocenters. The molecule has 0 saturated carbocycles. The van der Waals surface area contributed by atoms with Crippen LogP contribution in [0.2, 0.25) is 0 Å². The van der Waals surface area contributed by atoms with Gasteiger partial charge in [-0.2, -0.15) is 0 Å². The molecule has 0 aromatic rings. The molecule has 2 heterocycles. The molecule has 2 fully saturated rings. The molecular formula is C21H44N2. The van der Waals surface area contributed by atoms with Gasteiger partial charge in [-0.3, -0.25) is 0 Å². The average molecular weight is 325 g/mol. The van der Waals surface area contributed by atoms with Crippen molar-refractivity contribution in [1.82, 2.24) is 9.80 Å². The van der Waals surface area contributed by atoms with E-state index < -0.39 is 0 Å². The van der Waals surface area contributed by atoms with Gasteiger partial charge in [-0.25, -0.2) is 0 Å². The van der Waals surface area contributed by atoms with E-state index in [1.807, 2.05) is 0 Å². The van der Waals surface area contributed by atoms with Crippen LogP contribution in [0.25, 0.3) is 0 Å². The van der Waals surface area contributed by atoms with E-state index in [9.17, 15) is 0 Å². The van der Waals surface area contributed by atoms with Crippen LogP contribution in [0.1, 0.15) is 74.7 Å². The van der Waals surface area contributed by atoms with E-state index in [0.29, 0.717) is 10.8 Å². The molecule has 2 saturated heterocycles. The summed E-state index contributed by atoms with van der Waals surface area (Å²) in [6, 6.07) is 0. The number of rotatable bonds is 2. The fourth-order valence-corrected chi connectivity index (χ4v) is 3.88. The van der Waals surface area contributed by atoms with Gasteiger partial charge in [-0.05, 0) is 68.1 Å². The monoisotopic (exact) mass is 324 g/mol. The molecule has 0 bridgehead atoms. The lowest BCUT2D eigenvalue weighted by Crippen LogP contribution is -2.40. The van der Waals surface area contributed by atoms with Gasteiger partial charge in [-0.1, -0.05) is 55.4 Å². The third kappa shape index (κ3) is 7.13. The molecule has 0 aromatic heterocycles. The van der Waals surface area contributed by atoms with Gasteiger partial charge in [0.1, 0.15) is 0 Å². The number of piperidine rings is 1. The minimum absolute atomic E-state index is 0.508. The van der Waals surface area contributed by atoms with Gasteiger partial charge in [0.25, 0.3) is 0 Å². The lowest BCUT2D eigenvalue weighted by molar-refractivity contribution is 0.103. The molecule has 0 aromatic carbocycles. The van der Waals surface area contributed by atoms with Crippen molar-refractivity contribution in [3.05, 3.63) is 0 Å². The molecular weight excluding hydrogens is 280 g/mol. The molecule has 0 amide bonds. The van der Waals surface area contributed by atoms with Crippen molar-refractivity contribution >= 4 is 0 Å². The summed E-state index contributed by atoms with van der Waals surface area (Å²) in [5, 5.41) is 0. The van der Waals surface area contributed by atoms with Gasteiger partial charge in [-0.15, -0.1) is 0 Å². The van der Waals surface area contributed by atoms with Gasteiger partial charge in [0.05, 0.1) is 0 Å². The normalized spacial score (nSPS) is 27.7. The molecule has 2 rings (SSSR count). The zero-order chi connectivity index (χ0) is 17.7. The molecule has 2 heteroatoms. The first kappa shape index (κ1) is 21.0. The number of hydrogen-bond acceptors (Lipinski definition) is 2. The van der Waals surface area contributed by atoms with Crippen LogP contribution in [0.5, 0.6) is 0 Å². The lowest BCUT2D eigenvalue weighted by Gasteiger charge is -2.39. The molecule has 2 aliphatic rings. The second kappa shape index (κ2) is 8.85. The first-order valence-electron chi connectivity index (χ1n) is 10.0. The summed E-state index contributed by atoms with van der Waals surface area (Å²) in [6.45, 7) is 26.5. The Hall–Kier alpha value is -0.0800. The third-order valence-electron chi connectivity index (χ3n) is 6.12. The Bertz CT molecular complexity index is 324. The summed E-state index contributed by atoms with van der Waals surface area (Å²) in [7, 11) is 0. The van der Waals surface area contributed by atoms with Gasteiger partial charge >= 0.3 is 0 Å². The predicted octanol–water partition coefficient (Wildman–Crippen LogP) is 5.14. The molecule has 2 atom stereocenters. The first-order chi connectivity index (χ1) is 10.6. The van der Waals surface area contributed by atoms with Crippen LogP contribution in [0.4, 0.5) is 0 Å². The standard InChI is InChI=1S/C11H23N.C10H21N/c1-5-12-8-6-7-10(9-12)11(2,3)4;1-5-11-7-6-9(8-11)10(2,3)4/h10H,5-9H2,1-4H3;9H,5-8H2,1-4H3. The van der Waals surface area contributed by atoms with E-state index in [4.69, 9.17) is 0 Å². The van der Waals surface area contributed by atoms with Crippen molar-refractivity contribution in [3.63, 3.8) is 0 Å². The summed E-state index contributed by atoms with van der Waals surface area (Å²) in [4.78, 5) is 5.13. The fourth-order valence-electron chi connectivity index (χ4n) is 3.88. The van der Waals surface area contributed by atoms with E-state index >= 15 is 0 Å². The van der Waals surface area contributed by atoms with E-state index in [-0.39, 0.29) is 0 Å². The Morgan fingerprint density at radius 2 is 1.13 bits per heavy atom. The topological polar surface area (TPSA) is 6.48 Å². The van der Waals surface area contributed by atoms with Crippen molar-refractivity contribution in [2.75, 3.05) is 39.3 Å². The highest BCUT2D eigenvalue weighted by Gasteiger charge is 2.30. The molecule has 2 nitrogen and oxygen atoms in total. The van der Waals surface area contributed by atoms with E-state index in [2.05, 4.69) is 65.2 Å². The first-order valence-corrected chi connectivity index (χ1v) is 10.0. The molecule has 0 N–H and O–H groups in total. The van der Waals surface area contributed by atoms with Crippen LogP contribution in [-0.2, 0) is 0 Å². The van der Waals surface area contributed by atoms with Crippen LogP contribution < -0.4 is 0 Å². The Kier molecular flexibility index (Phi) is 8.07. The minimum atomic E-state index is 0.508. The largest absolute Gasteiger partial charge is 0.303 e. The maximum atomic E-state index is 2.58. The van der Waals surface area contributed by atoms with Crippen molar-refractivity contribution < 1.29 is 0 Å². The molecule has 0 radical (unpaired) electrons. The van der Waals surface area contributed by atoms with Crippen LogP contribution in [-0.4, -0.2) is 49.1 Å². The van der Waals surface area contributed by atoms with Crippen molar-refractivity contribution in [2.24, 2.45) is 22.7 Å². The number of nitrogens with zero attached hydrogens (tertiary/aromatic N) is 2. The highest BCUT2D eigenvalue weighted by Crippen LogP contribution is 2.33. The van der Waals surface area contributed by atoms with Crippen LogP contribution in [0.3, 0.4) is 0 Å². The SMILES string of the molecule is CCN1CCC(C(C)(C)C)C1.CCN1CCCC(C(C)(C)C)C1. The molecule has 0 spiro atoms. The summed E-state index contributed by atoms with van der Waals surface area (Å²) in [6.07, 6.45) is 4.23. The van der Waals surface area contributed by atoms with Gasteiger partial charge < -0.3 is 9.80 Å². The van der Waals surface area contributed by atoms with Gasteiger partial charge in [0.15, 0.2) is 0 Å². The lowest BCUT2D eigenvalue weighted by atomic mass is 9.76. The quantitative estimate of drug-likeness (QED) is 0.694. The summed E-state index contributed by atoms with van der Waals surface area (Å²) in [5.74, 6) is 1.83. The molecule has 2 aliphatic heterocycles. The second-order valence-corrected chi connectivity index (χ2v) is 9.84. The molecule has 23 heavy (non-hydrogen) atoms. The maximum absolute atomic E-state index is 2.58. The minimum Gasteiger partial charge on any atom is -0.303 e. The van der Waals surface area contributed by atoms with E-state index in [1.54, 1.807) is 0 Å². The predicted molar refractivity (Wildman–Crippen MR) is 104 cm³/mol. The van der Waals surface area contributed by atoms with Gasteiger partial charge in [0.2, 0.25) is 0 Å². The highest BCUT2D eigenvalue weighted by molar-refractivity contribution is 4.83. The van der Waals surface area contributed by atoms with Crippen LogP contribution in [0.15, 0.2) is 0 Å². The van der Waals surface area contributed by atoms with Crippen molar-refractivity contribution in [2.45, 2.75) is 74.7 Å². The smallest absolute Gasteiger partial charge is 0.00150 e. The Balaban J connectivity index is 0.000000231. The maximum Gasteiger partial charge on any atom is 0.00150 e. The zero-order valence-electron chi connectivity index (χ0n) is 17.4. The van der Waals surface area contributed by atoms with E-state index in [1.165, 1.54) is 58.5 Å². The Labute approximate surface area is 147 Å². The Morgan fingerprint density at radius 3 is 1.48 bits per heavy atom. The second-order valence-electron chi connectivity index (χ2n) is 9.84. The summed E-state index contributed by atoms with van der Waals surface area (Å²) in [5.41, 5.74) is 1.03. The van der Waals surface area contributed by atoms with Gasteiger partial charge in [0, 0.05) is 13.1 Å². The Morgan fingerprint density at radius 1 is 0.696 bits per heavy atom. The highest BCUT2D eigenvalue weighted by atomic mass is 15.1. The number of likely N-dealkylation sites (tertiary alicyclic amines) is 2. The third-order valence-corrected chi connectivity index (χ3v) is 6.12. The summed E-state index contributed by atoms with van der Waals surface area (Å²) < 4.78 is 0.